The van der Waals surface area contributed by atoms with E-state index in [1.807, 2.05) is 7.05 Å². The molecule has 7 nitrogen and oxygen atoms in total. The van der Waals surface area contributed by atoms with Gasteiger partial charge in [0.15, 0.2) is 5.82 Å². The highest BCUT2D eigenvalue weighted by Gasteiger charge is 2.31. The third-order valence-corrected chi connectivity index (χ3v) is 6.25. The highest BCUT2D eigenvalue weighted by molar-refractivity contribution is 7.89. The van der Waals surface area contributed by atoms with Gasteiger partial charge in [0.25, 0.3) is 0 Å². The first-order valence-corrected chi connectivity index (χ1v) is 9.15. The molecule has 0 aromatic carbocycles. The molecule has 0 spiro atoms. The van der Waals surface area contributed by atoms with E-state index in [4.69, 9.17) is 0 Å². The minimum absolute atomic E-state index is 0.0153. The van der Waals surface area contributed by atoms with Crippen molar-refractivity contribution in [3.63, 3.8) is 0 Å². The molecule has 0 unspecified atom stereocenters. The van der Waals surface area contributed by atoms with E-state index in [0.717, 1.165) is 32.1 Å². The predicted octanol–water partition coefficient (Wildman–Crippen LogP) is 1.12. The van der Waals surface area contributed by atoms with Crippen molar-refractivity contribution in [3.05, 3.63) is 36.5 Å². The van der Waals surface area contributed by atoms with Gasteiger partial charge in [-0.1, -0.05) is 0 Å². The standard InChI is InChI=1S/C15H20FN5O2S/c1-19-7-5-13(6-8-19)20(2)24(22,23)14-10-18-21(11-14)15-4-3-12(16)9-17-15/h3-4,9-11,13H,5-8H2,1-2H3. The van der Waals surface area contributed by atoms with Gasteiger partial charge in [0.05, 0.1) is 18.6 Å². The summed E-state index contributed by atoms with van der Waals surface area (Å²) in [7, 11) is 0.0203. The maximum atomic E-state index is 12.9. The number of likely N-dealkylation sites (tertiary alicyclic amines) is 1. The van der Waals surface area contributed by atoms with Crippen LogP contribution >= 0.6 is 0 Å². The van der Waals surface area contributed by atoms with Crippen LogP contribution in [-0.2, 0) is 10.0 Å². The van der Waals surface area contributed by atoms with Crippen LogP contribution in [0.4, 0.5) is 4.39 Å². The minimum atomic E-state index is -3.62. The van der Waals surface area contributed by atoms with Crippen LogP contribution in [0.2, 0.25) is 0 Å². The van der Waals surface area contributed by atoms with Crippen LogP contribution in [0.1, 0.15) is 12.8 Å². The van der Waals surface area contributed by atoms with Crippen molar-refractivity contribution in [1.29, 1.82) is 0 Å². The second-order valence-corrected chi connectivity index (χ2v) is 8.01. The molecule has 0 radical (unpaired) electrons. The zero-order valence-corrected chi connectivity index (χ0v) is 14.4. The molecule has 2 aromatic heterocycles. The Morgan fingerprint density at radius 2 is 1.96 bits per heavy atom. The summed E-state index contributed by atoms with van der Waals surface area (Å²) in [5.41, 5.74) is 0. The first kappa shape index (κ1) is 17.0. The van der Waals surface area contributed by atoms with Crippen molar-refractivity contribution in [2.45, 2.75) is 23.8 Å². The molecule has 1 aliphatic heterocycles. The number of aromatic nitrogens is 3. The first-order valence-electron chi connectivity index (χ1n) is 7.71. The van der Waals surface area contributed by atoms with E-state index in [-0.39, 0.29) is 10.9 Å². The molecule has 3 heterocycles. The van der Waals surface area contributed by atoms with Crippen LogP contribution in [0.25, 0.3) is 5.82 Å². The van der Waals surface area contributed by atoms with E-state index >= 15 is 0 Å². The Balaban J connectivity index is 1.81. The van der Waals surface area contributed by atoms with Crippen molar-refractivity contribution in [2.24, 2.45) is 0 Å². The number of halogens is 1. The molecule has 1 aliphatic rings. The normalized spacial score (nSPS) is 17.5. The van der Waals surface area contributed by atoms with E-state index in [1.165, 1.54) is 33.5 Å². The molecular weight excluding hydrogens is 333 g/mol. The second-order valence-electron chi connectivity index (χ2n) is 6.01. The summed E-state index contributed by atoms with van der Waals surface area (Å²) >= 11 is 0. The summed E-state index contributed by atoms with van der Waals surface area (Å²) in [6, 6.07) is 2.68. The van der Waals surface area contributed by atoms with Crippen molar-refractivity contribution in [2.75, 3.05) is 27.2 Å². The Kier molecular flexibility index (Phi) is 4.66. The van der Waals surface area contributed by atoms with Gasteiger partial charge in [-0.2, -0.15) is 9.40 Å². The van der Waals surface area contributed by atoms with Crippen LogP contribution in [0.5, 0.6) is 0 Å². The van der Waals surface area contributed by atoms with Crippen LogP contribution < -0.4 is 0 Å². The third-order valence-electron chi connectivity index (χ3n) is 4.38. The Morgan fingerprint density at radius 1 is 1.25 bits per heavy atom. The van der Waals surface area contributed by atoms with Gasteiger partial charge in [-0.15, -0.1) is 0 Å². The Labute approximate surface area is 140 Å². The lowest BCUT2D eigenvalue weighted by atomic mass is 10.1. The van der Waals surface area contributed by atoms with Gasteiger partial charge in [-0.3, -0.25) is 0 Å². The van der Waals surface area contributed by atoms with Crippen LogP contribution in [0, 0.1) is 5.82 Å². The van der Waals surface area contributed by atoms with Crippen LogP contribution in [0.15, 0.2) is 35.6 Å². The Morgan fingerprint density at radius 3 is 2.58 bits per heavy atom. The fourth-order valence-corrected chi connectivity index (χ4v) is 4.14. The lowest BCUT2D eigenvalue weighted by Gasteiger charge is -2.34. The fraction of sp³-hybridized carbons (Fsp3) is 0.467. The predicted molar refractivity (Wildman–Crippen MR) is 86.8 cm³/mol. The summed E-state index contributed by atoms with van der Waals surface area (Å²) in [6.45, 7) is 1.76. The largest absolute Gasteiger partial charge is 0.306 e. The molecule has 1 saturated heterocycles. The number of nitrogens with zero attached hydrogens (tertiary/aromatic N) is 5. The van der Waals surface area contributed by atoms with E-state index < -0.39 is 15.8 Å². The molecule has 0 amide bonds. The molecule has 130 valence electrons. The Hall–Kier alpha value is -1.84. The Bertz CT molecular complexity index is 798. The van der Waals surface area contributed by atoms with Crippen LogP contribution in [-0.4, -0.2) is 65.6 Å². The van der Waals surface area contributed by atoms with Crippen LogP contribution in [0.3, 0.4) is 0 Å². The first-order chi connectivity index (χ1) is 11.4. The number of hydrogen-bond donors (Lipinski definition) is 0. The van der Waals surface area contributed by atoms with Gasteiger partial charge in [0, 0.05) is 13.1 Å². The van der Waals surface area contributed by atoms with Gasteiger partial charge in [-0.25, -0.2) is 22.5 Å². The van der Waals surface area contributed by atoms with E-state index in [2.05, 4.69) is 15.0 Å². The highest BCUT2D eigenvalue weighted by atomic mass is 32.2. The zero-order chi connectivity index (χ0) is 17.3. The molecule has 0 bridgehead atoms. The van der Waals surface area contributed by atoms with Crippen molar-refractivity contribution >= 4 is 10.0 Å². The van der Waals surface area contributed by atoms with Gasteiger partial charge in [-0.05, 0) is 45.1 Å². The molecule has 1 fully saturated rings. The van der Waals surface area contributed by atoms with Gasteiger partial charge in [0.2, 0.25) is 10.0 Å². The summed E-state index contributed by atoms with van der Waals surface area (Å²) < 4.78 is 41.3. The molecule has 0 N–H and O–H groups in total. The molecule has 9 heteroatoms. The van der Waals surface area contributed by atoms with Gasteiger partial charge < -0.3 is 4.90 Å². The lowest BCUT2D eigenvalue weighted by Crippen LogP contribution is -2.44. The summed E-state index contributed by atoms with van der Waals surface area (Å²) in [5, 5.41) is 4.04. The minimum Gasteiger partial charge on any atom is -0.306 e. The summed E-state index contributed by atoms with van der Waals surface area (Å²) in [4.78, 5) is 6.19. The molecule has 24 heavy (non-hydrogen) atoms. The quantitative estimate of drug-likeness (QED) is 0.824. The van der Waals surface area contributed by atoms with Crippen molar-refractivity contribution in [1.82, 2.24) is 24.0 Å². The van der Waals surface area contributed by atoms with Crippen molar-refractivity contribution < 1.29 is 12.8 Å². The SMILES string of the molecule is CN1CCC(N(C)S(=O)(=O)c2cnn(-c3ccc(F)cn3)c2)CC1. The maximum Gasteiger partial charge on any atom is 0.246 e. The third kappa shape index (κ3) is 3.33. The molecular formula is C15H20FN5O2S. The molecule has 2 aromatic rings. The molecule has 0 aliphatic carbocycles. The highest BCUT2D eigenvalue weighted by Crippen LogP contribution is 2.22. The van der Waals surface area contributed by atoms with Crippen molar-refractivity contribution in [3.8, 4) is 5.82 Å². The average Bonchev–Trinajstić information content (AvgIpc) is 3.06. The summed E-state index contributed by atoms with van der Waals surface area (Å²) in [5.74, 6) is -0.0967. The van der Waals surface area contributed by atoms with E-state index in [9.17, 15) is 12.8 Å². The number of piperidine rings is 1. The smallest absolute Gasteiger partial charge is 0.246 e. The lowest BCUT2D eigenvalue weighted by molar-refractivity contribution is 0.197. The maximum absolute atomic E-state index is 12.9. The average molecular weight is 353 g/mol. The number of hydrogen-bond acceptors (Lipinski definition) is 5. The second kappa shape index (κ2) is 6.58. The molecule has 0 atom stereocenters. The fourth-order valence-electron chi connectivity index (χ4n) is 2.79. The summed E-state index contributed by atoms with van der Waals surface area (Å²) in [6.07, 6.45) is 5.38. The number of pyridine rings is 1. The molecule has 3 rings (SSSR count). The van der Waals surface area contributed by atoms with Gasteiger partial charge >= 0.3 is 0 Å². The van der Waals surface area contributed by atoms with E-state index in [1.54, 1.807) is 7.05 Å². The monoisotopic (exact) mass is 353 g/mol. The topological polar surface area (TPSA) is 71.3 Å². The van der Waals surface area contributed by atoms with Gasteiger partial charge in [0.1, 0.15) is 10.7 Å². The number of sulfonamides is 1. The zero-order valence-electron chi connectivity index (χ0n) is 13.6. The number of rotatable bonds is 4. The molecule has 0 saturated carbocycles. The van der Waals surface area contributed by atoms with E-state index in [0.29, 0.717) is 5.82 Å².